The summed E-state index contributed by atoms with van der Waals surface area (Å²) in [5.41, 5.74) is 0. The normalized spacial score (nSPS) is 12.3. The van der Waals surface area contributed by atoms with Gasteiger partial charge in [0.1, 0.15) is 6.10 Å². The maximum Gasteiger partial charge on any atom is 0.306 e. The molecule has 0 rings (SSSR count). The third kappa shape index (κ3) is 7.26. The van der Waals surface area contributed by atoms with Crippen LogP contribution in [0.15, 0.2) is 0 Å². The Balaban J connectivity index is 3.69. The summed E-state index contributed by atoms with van der Waals surface area (Å²) in [7, 11) is 0. The average Bonchev–Trinajstić information content (AvgIpc) is 2.23. The first-order chi connectivity index (χ1) is 7.47. The van der Waals surface area contributed by atoms with Crippen LogP contribution in [0.1, 0.15) is 47.0 Å². The van der Waals surface area contributed by atoms with E-state index in [4.69, 9.17) is 9.47 Å². The Morgan fingerprint density at radius 2 is 1.62 bits per heavy atom. The molecular formula is C12H22O4. The molecule has 0 aromatic heterocycles. The molecule has 94 valence electrons. The maximum atomic E-state index is 11.3. The largest absolute Gasteiger partial charge is 0.466 e. The molecular weight excluding hydrogens is 208 g/mol. The molecule has 0 N–H and O–H groups in total. The standard InChI is InChI=1S/C12H22O4/c1-5-8-15-11(13)6-7-12(14)16-10(4)9(2)3/h9-10H,5-8H2,1-4H3. The highest BCUT2D eigenvalue weighted by atomic mass is 16.5. The van der Waals surface area contributed by atoms with Gasteiger partial charge < -0.3 is 9.47 Å². The first-order valence-corrected chi connectivity index (χ1v) is 5.82. The van der Waals surface area contributed by atoms with Gasteiger partial charge in [0.05, 0.1) is 19.4 Å². The second-order valence-corrected chi connectivity index (χ2v) is 4.16. The molecule has 16 heavy (non-hydrogen) atoms. The Morgan fingerprint density at radius 1 is 1.06 bits per heavy atom. The second kappa shape index (κ2) is 8.13. The number of carbonyl (C=O) groups excluding carboxylic acids is 2. The highest BCUT2D eigenvalue weighted by molar-refractivity contribution is 5.77. The van der Waals surface area contributed by atoms with Gasteiger partial charge in [0, 0.05) is 0 Å². The lowest BCUT2D eigenvalue weighted by Gasteiger charge is -2.16. The average molecular weight is 230 g/mol. The minimum Gasteiger partial charge on any atom is -0.466 e. The number of esters is 2. The lowest BCUT2D eigenvalue weighted by Crippen LogP contribution is -2.20. The van der Waals surface area contributed by atoms with Gasteiger partial charge in [-0.15, -0.1) is 0 Å². The van der Waals surface area contributed by atoms with Crippen LogP contribution in [0.5, 0.6) is 0 Å². The molecule has 0 saturated carbocycles. The molecule has 4 heteroatoms. The quantitative estimate of drug-likeness (QED) is 0.630. The summed E-state index contributed by atoms with van der Waals surface area (Å²) >= 11 is 0. The fraction of sp³-hybridized carbons (Fsp3) is 0.833. The van der Waals surface area contributed by atoms with E-state index >= 15 is 0 Å². The van der Waals surface area contributed by atoms with E-state index < -0.39 is 0 Å². The van der Waals surface area contributed by atoms with Gasteiger partial charge in [-0.25, -0.2) is 0 Å². The van der Waals surface area contributed by atoms with Gasteiger partial charge in [-0.2, -0.15) is 0 Å². The van der Waals surface area contributed by atoms with E-state index in [0.29, 0.717) is 6.61 Å². The molecule has 0 fully saturated rings. The van der Waals surface area contributed by atoms with Crippen LogP contribution in [0.25, 0.3) is 0 Å². The summed E-state index contributed by atoms with van der Waals surface area (Å²) in [5.74, 6) is -0.387. The van der Waals surface area contributed by atoms with Crippen molar-refractivity contribution in [2.75, 3.05) is 6.61 Å². The monoisotopic (exact) mass is 230 g/mol. The number of hydrogen-bond donors (Lipinski definition) is 0. The van der Waals surface area contributed by atoms with Crippen LogP contribution < -0.4 is 0 Å². The number of carbonyl (C=O) groups is 2. The third-order valence-electron chi connectivity index (χ3n) is 2.26. The zero-order valence-corrected chi connectivity index (χ0v) is 10.6. The Bertz CT molecular complexity index is 223. The highest BCUT2D eigenvalue weighted by Gasteiger charge is 2.14. The van der Waals surface area contributed by atoms with Gasteiger partial charge in [-0.05, 0) is 19.3 Å². The molecule has 0 aliphatic heterocycles. The fourth-order valence-electron chi connectivity index (χ4n) is 0.895. The molecule has 0 spiro atoms. The van der Waals surface area contributed by atoms with Crippen LogP contribution in [-0.2, 0) is 19.1 Å². The Morgan fingerprint density at radius 3 is 2.12 bits per heavy atom. The van der Waals surface area contributed by atoms with Gasteiger partial charge in [-0.3, -0.25) is 9.59 Å². The van der Waals surface area contributed by atoms with Gasteiger partial charge in [0.2, 0.25) is 0 Å². The first-order valence-electron chi connectivity index (χ1n) is 5.82. The molecule has 0 aromatic rings. The molecule has 0 aliphatic carbocycles. The van der Waals surface area contributed by atoms with Gasteiger partial charge in [-0.1, -0.05) is 20.8 Å². The van der Waals surface area contributed by atoms with E-state index in [1.54, 1.807) is 0 Å². The predicted molar refractivity (Wildman–Crippen MR) is 60.9 cm³/mol. The molecule has 4 nitrogen and oxygen atoms in total. The third-order valence-corrected chi connectivity index (χ3v) is 2.26. The number of hydrogen-bond acceptors (Lipinski definition) is 4. The molecule has 1 unspecified atom stereocenters. The Labute approximate surface area is 97.3 Å². The van der Waals surface area contributed by atoms with Crippen molar-refractivity contribution in [2.45, 2.75) is 53.1 Å². The lowest BCUT2D eigenvalue weighted by molar-refractivity contribution is -0.154. The topological polar surface area (TPSA) is 52.6 Å². The Hall–Kier alpha value is -1.06. The summed E-state index contributed by atoms with van der Waals surface area (Å²) < 4.78 is 9.97. The van der Waals surface area contributed by atoms with Crippen molar-refractivity contribution in [3.8, 4) is 0 Å². The van der Waals surface area contributed by atoms with E-state index in [1.807, 2.05) is 27.7 Å². The highest BCUT2D eigenvalue weighted by Crippen LogP contribution is 2.07. The van der Waals surface area contributed by atoms with Crippen molar-refractivity contribution in [1.29, 1.82) is 0 Å². The maximum absolute atomic E-state index is 11.3. The predicted octanol–water partition coefficient (Wildman–Crippen LogP) is 2.31. The first kappa shape index (κ1) is 14.9. The molecule has 0 bridgehead atoms. The summed E-state index contributed by atoms with van der Waals surface area (Å²) in [4.78, 5) is 22.4. The van der Waals surface area contributed by atoms with Crippen molar-refractivity contribution < 1.29 is 19.1 Å². The van der Waals surface area contributed by atoms with Crippen LogP contribution >= 0.6 is 0 Å². The molecule has 0 saturated heterocycles. The van der Waals surface area contributed by atoms with Crippen LogP contribution in [0.2, 0.25) is 0 Å². The zero-order chi connectivity index (χ0) is 12.6. The molecule has 0 heterocycles. The summed E-state index contributed by atoms with van der Waals surface area (Å²) in [6.07, 6.45) is 0.878. The van der Waals surface area contributed by atoms with E-state index in [-0.39, 0.29) is 36.8 Å². The SMILES string of the molecule is CCCOC(=O)CCC(=O)OC(C)C(C)C. The van der Waals surface area contributed by atoms with Crippen molar-refractivity contribution in [1.82, 2.24) is 0 Å². The van der Waals surface area contributed by atoms with Gasteiger partial charge in [0.15, 0.2) is 0 Å². The molecule has 0 amide bonds. The van der Waals surface area contributed by atoms with Crippen molar-refractivity contribution in [3.05, 3.63) is 0 Å². The van der Waals surface area contributed by atoms with Crippen molar-refractivity contribution in [2.24, 2.45) is 5.92 Å². The molecule has 1 atom stereocenters. The number of rotatable bonds is 7. The lowest BCUT2D eigenvalue weighted by atomic mass is 10.1. The van der Waals surface area contributed by atoms with Crippen LogP contribution in [0.4, 0.5) is 0 Å². The molecule has 0 aromatic carbocycles. The van der Waals surface area contributed by atoms with Gasteiger partial charge >= 0.3 is 11.9 Å². The second-order valence-electron chi connectivity index (χ2n) is 4.16. The van der Waals surface area contributed by atoms with E-state index in [1.165, 1.54) is 0 Å². The van der Waals surface area contributed by atoms with E-state index in [9.17, 15) is 9.59 Å². The smallest absolute Gasteiger partial charge is 0.306 e. The molecule has 0 aliphatic rings. The Kier molecular flexibility index (Phi) is 7.60. The summed E-state index contributed by atoms with van der Waals surface area (Å²) in [5, 5.41) is 0. The minimum atomic E-state index is -0.338. The van der Waals surface area contributed by atoms with Crippen molar-refractivity contribution >= 4 is 11.9 Å². The fourth-order valence-corrected chi connectivity index (χ4v) is 0.895. The van der Waals surface area contributed by atoms with Crippen LogP contribution in [-0.4, -0.2) is 24.6 Å². The van der Waals surface area contributed by atoms with Crippen LogP contribution in [0.3, 0.4) is 0 Å². The van der Waals surface area contributed by atoms with E-state index in [0.717, 1.165) is 6.42 Å². The van der Waals surface area contributed by atoms with Gasteiger partial charge in [0.25, 0.3) is 0 Å². The van der Waals surface area contributed by atoms with Crippen molar-refractivity contribution in [3.63, 3.8) is 0 Å². The minimum absolute atomic E-state index is 0.0968. The molecule has 0 radical (unpaired) electrons. The summed E-state index contributed by atoms with van der Waals surface area (Å²) in [6.45, 7) is 8.14. The number of ether oxygens (including phenoxy) is 2. The zero-order valence-electron chi connectivity index (χ0n) is 10.6. The van der Waals surface area contributed by atoms with Crippen LogP contribution in [0, 0.1) is 5.92 Å². The summed E-state index contributed by atoms with van der Waals surface area (Å²) in [6, 6.07) is 0. The van der Waals surface area contributed by atoms with E-state index in [2.05, 4.69) is 0 Å².